The average Bonchev–Trinajstić information content (AvgIpc) is 2.88. The number of aliphatic hydroxyl groups is 1. The predicted octanol–water partition coefficient (Wildman–Crippen LogP) is 5.01. The third-order valence-electron chi connectivity index (χ3n) is 6.07. The minimum Gasteiger partial charge on any atom is -0.444 e. The number of anilines is 1. The summed E-state index contributed by atoms with van der Waals surface area (Å²) < 4.78 is 5.29. The molecule has 0 aliphatic carbocycles. The van der Waals surface area contributed by atoms with Gasteiger partial charge in [-0.15, -0.1) is 6.42 Å². The second-order valence-corrected chi connectivity index (χ2v) is 11.4. The van der Waals surface area contributed by atoms with Gasteiger partial charge in [-0.05, 0) is 76.1 Å². The molecule has 0 saturated heterocycles. The van der Waals surface area contributed by atoms with Crippen molar-refractivity contribution in [2.45, 2.75) is 64.8 Å². The molecule has 0 fully saturated rings. The molecule has 210 valence electrons. The predicted molar refractivity (Wildman–Crippen MR) is 157 cm³/mol. The molecule has 0 aliphatic heterocycles. The molecule has 2 unspecified atom stereocenters. The molecule has 0 aromatic heterocycles. The SMILES string of the molecule is C#Cc1ccccc1C(C(=O)Nc1ccc2ccccc2c1)N(C(=O)C(CO)NC(=O)OC(C)(C)C)C(C)(C)C. The normalized spacial score (nSPS) is 13.1. The van der Waals surface area contributed by atoms with Crippen LogP contribution in [0.25, 0.3) is 10.8 Å². The molecule has 3 N–H and O–H groups in total. The summed E-state index contributed by atoms with van der Waals surface area (Å²) in [5, 5.41) is 17.5. The van der Waals surface area contributed by atoms with Crippen LogP contribution in [0.5, 0.6) is 0 Å². The first kappa shape index (κ1) is 30.2. The molecule has 2 atom stereocenters. The number of alkyl carbamates (subject to hydrolysis) is 1. The van der Waals surface area contributed by atoms with Crippen molar-refractivity contribution in [2.75, 3.05) is 11.9 Å². The number of amides is 3. The van der Waals surface area contributed by atoms with Crippen LogP contribution in [0.15, 0.2) is 66.7 Å². The second kappa shape index (κ2) is 12.2. The first-order chi connectivity index (χ1) is 18.7. The molecule has 8 nitrogen and oxygen atoms in total. The molecule has 3 amide bonds. The van der Waals surface area contributed by atoms with E-state index in [1.807, 2.05) is 36.4 Å². The standard InChI is InChI=1S/C32H37N3O5/c1-8-21-13-11-12-16-25(21)27(28(37)33-24-18-17-22-14-9-10-15-23(22)19-24)35(31(2,3)4)29(38)26(20-36)34-30(39)40-32(5,6)7/h1,9-19,26-27,36H,20H2,2-7H3,(H,33,37)(H,34,39). The van der Waals surface area contributed by atoms with E-state index in [0.29, 0.717) is 16.8 Å². The van der Waals surface area contributed by atoms with Crippen LogP contribution < -0.4 is 10.6 Å². The molecular weight excluding hydrogens is 506 g/mol. The van der Waals surface area contributed by atoms with E-state index in [1.165, 1.54) is 4.90 Å². The number of carbonyl (C=O) groups is 3. The molecule has 8 heteroatoms. The van der Waals surface area contributed by atoms with Crippen molar-refractivity contribution in [3.8, 4) is 12.3 Å². The second-order valence-electron chi connectivity index (χ2n) is 11.4. The molecule has 3 aromatic rings. The molecule has 0 saturated carbocycles. The number of terminal acetylenes is 1. The van der Waals surface area contributed by atoms with Crippen LogP contribution >= 0.6 is 0 Å². The van der Waals surface area contributed by atoms with E-state index in [9.17, 15) is 19.5 Å². The maximum absolute atomic E-state index is 14.1. The molecule has 0 spiro atoms. The third-order valence-corrected chi connectivity index (χ3v) is 6.07. The Morgan fingerprint density at radius 2 is 1.57 bits per heavy atom. The van der Waals surface area contributed by atoms with Crippen LogP contribution in [0.4, 0.5) is 10.5 Å². The first-order valence-corrected chi connectivity index (χ1v) is 13.0. The molecule has 3 rings (SSSR count). The Balaban J connectivity index is 2.08. The van der Waals surface area contributed by atoms with Crippen LogP contribution in [-0.2, 0) is 14.3 Å². The van der Waals surface area contributed by atoms with E-state index < -0.39 is 47.7 Å². The topological polar surface area (TPSA) is 108 Å². The molecule has 0 aliphatic rings. The van der Waals surface area contributed by atoms with E-state index >= 15 is 0 Å². The fourth-order valence-corrected chi connectivity index (χ4v) is 4.39. The third kappa shape index (κ3) is 7.39. The number of benzene rings is 3. The van der Waals surface area contributed by atoms with Gasteiger partial charge in [-0.1, -0.05) is 54.5 Å². The van der Waals surface area contributed by atoms with Gasteiger partial charge in [-0.25, -0.2) is 4.79 Å². The Labute approximate surface area is 235 Å². The molecule has 3 aromatic carbocycles. The van der Waals surface area contributed by atoms with Gasteiger partial charge in [0.25, 0.3) is 5.91 Å². The van der Waals surface area contributed by atoms with Gasteiger partial charge >= 0.3 is 6.09 Å². The fourth-order valence-electron chi connectivity index (χ4n) is 4.39. The summed E-state index contributed by atoms with van der Waals surface area (Å²) in [4.78, 5) is 42.0. The van der Waals surface area contributed by atoms with Gasteiger partial charge in [0.15, 0.2) is 0 Å². The molecule has 0 radical (unpaired) electrons. The van der Waals surface area contributed by atoms with Crippen molar-refractivity contribution in [3.63, 3.8) is 0 Å². The highest BCUT2D eigenvalue weighted by Gasteiger charge is 2.42. The monoisotopic (exact) mass is 543 g/mol. The van der Waals surface area contributed by atoms with Gasteiger partial charge in [-0.3, -0.25) is 9.59 Å². The number of hydrogen-bond donors (Lipinski definition) is 3. The minimum absolute atomic E-state index is 0.431. The van der Waals surface area contributed by atoms with Gasteiger partial charge in [-0.2, -0.15) is 0 Å². The summed E-state index contributed by atoms with van der Waals surface area (Å²) in [6.45, 7) is 9.65. The van der Waals surface area contributed by atoms with Gasteiger partial charge in [0.2, 0.25) is 5.91 Å². The summed E-state index contributed by atoms with van der Waals surface area (Å²) in [6, 6.07) is 17.6. The van der Waals surface area contributed by atoms with E-state index in [1.54, 1.807) is 71.9 Å². The number of hydrogen-bond acceptors (Lipinski definition) is 5. The summed E-state index contributed by atoms with van der Waals surface area (Å²) >= 11 is 0. The zero-order chi connectivity index (χ0) is 29.7. The quantitative estimate of drug-likeness (QED) is 0.363. The Morgan fingerprint density at radius 1 is 0.950 bits per heavy atom. The van der Waals surface area contributed by atoms with E-state index in [2.05, 4.69) is 16.6 Å². The minimum atomic E-state index is -1.37. The maximum atomic E-state index is 14.1. The summed E-state index contributed by atoms with van der Waals surface area (Å²) in [5.74, 6) is 1.43. The lowest BCUT2D eigenvalue weighted by Gasteiger charge is -2.43. The molecule has 0 bridgehead atoms. The summed E-state index contributed by atoms with van der Waals surface area (Å²) in [7, 11) is 0. The van der Waals surface area contributed by atoms with Crippen LogP contribution in [0.3, 0.4) is 0 Å². The fraction of sp³-hybridized carbons (Fsp3) is 0.344. The van der Waals surface area contributed by atoms with E-state index in [0.717, 1.165) is 10.8 Å². The highest BCUT2D eigenvalue weighted by molar-refractivity contribution is 6.01. The molecule has 0 heterocycles. The van der Waals surface area contributed by atoms with Crippen LogP contribution in [0, 0.1) is 12.3 Å². The summed E-state index contributed by atoms with van der Waals surface area (Å²) in [6.07, 6.45) is 4.93. The Hall–Kier alpha value is -4.35. The molecule has 40 heavy (non-hydrogen) atoms. The Bertz CT molecular complexity index is 1430. The van der Waals surface area contributed by atoms with Crippen molar-refractivity contribution in [3.05, 3.63) is 77.9 Å². The zero-order valence-corrected chi connectivity index (χ0v) is 23.8. The van der Waals surface area contributed by atoms with E-state index in [-0.39, 0.29) is 0 Å². The van der Waals surface area contributed by atoms with Crippen molar-refractivity contribution >= 4 is 34.4 Å². The smallest absolute Gasteiger partial charge is 0.408 e. The van der Waals surface area contributed by atoms with Crippen LogP contribution in [-0.4, -0.2) is 51.7 Å². The van der Waals surface area contributed by atoms with Gasteiger partial charge in [0.05, 0.1) is 6.61 Å². The van der Waals surface area contributed by atoms with Gasteiger partial charge in [0.1, 0.15) is 17.7 Å². The number of rotatable bonds is 7. The Kier molecular flexibility index (Phi) is 9.23. The van der Waals surface area contributed by atoms with Gasteiger partial charge < -0.3 is 25.4 Å². The number of carbonyl (C=O) groups excluding carboxylic acids is 3. The van der Waals surface area contributed by atoms with Crippen molar-refractivity contribution in [2.24, 2.45) is 0 Å². The average molecular weight is 544 g/mol. The lowest BCUT2D eigenvalue weighted by molar-refractivity contribution is -0.147. The largest absolute Gasteiger partial charge is 0.444 e. The number of ether oxygens (including phenoxy) is 1. The zero-order valence-electron chi connectivity index (χ0n) is 23.8. The lowest BCUT2D eigenvalue weighted by atomic mass is 9.92. The van der Waals surface area contributed by atoms with Gasteiger partial charge in [0, 0.05) is 16.8 Å². The number of fused-ring (bicyclic) bond motifs is 1. The van der Waals surface area contributed by atoms with Crippen LogP contribution in [0.1, 0.15) is 58.7 Å². The summed E-state index contributed by atoms with van der Waals surface area (Å²) in [5.41, 5.74) is -0.346. The maximum Gasteiger partial charge on any atom is 0.408 e. The first-order valence-electron chi connectivity index (χ1n) is 13.0. The van der Waals surface area contributed by atoms with Crippen molar-refractivity contribution < 1.29 is 24.2 Å². The van der Waals surface area contributed by atoms with Crippen molar-refractivity contribution in [1.82, 2.24) is 10.2 Å². The number of aliphatic hydroxyl groups excluding tert-OH is 1. The number of nitrogens with zero attached hydrogens (tertiary/aromatic N) is 1. The lowest BCUT2D eigenvalue weighted by Crippen LogP contribution is -2.59. The number of nitrogens with one attached hydrogen (secondary N) is 2. The highest BCUT2D eigenvalue weighted by atomic mass is 16.6. The molecular formula is C32H37N3O5. The van der Waals surface area contributed by atoms with E-state index in [4.69, 9.17) is 11.2 Å². The van der Waals surface area contributed by atoms with Crippen molar-refractivity contribution in [1.29, 1.82) is 0 Å². The highest BCUT2D eigenvalue weighted by Crippen LogP contribution is 2.33. The van der Waals surface area contributed by atoms with Crippen LogP contribution in [0.2, 0.25) is 0 Å². The Morgan fingerprint density at radius 3 is 2.17 bits per heavy atom.